The minimum absolute atomic E-state index is 0.119. The van der Waals surface area contributed by atoms with Gasteiger partial charge < -0.3 is 14.2 Å². The second-order valence-electron chi connectivity index (χ2n) is 7.78. The number of carbonyl (C=O) groups is 1. The molecule has 23 heavy (non-hydrogen) atoms. The number of hydrogen-bond donors (Lipinski definition) is 0. The summed E-state index contributed by atoms with van der Waals surface area (Å²) in [7, 11) is 0. The Hall–Kier alpha value is -1.12. The van der Waals surface area contributed by atoms with Crippen LogP contribution in [-0.2, 0) is 19.0 Å². The van der Waals surface area contributed by atoms with Gasteiger partial charge in [0.15, 0.2) is 5.79 Å². The van der Waals surface area contributed by atoms with E-state index in [0.29, 0.717) is 19.4 Å². The summed E-state index contributed by atoms with van der Waals surface area (Å²) < 4.78 is 17.8. The zero-order chi connectivity index (χ0) is 16.9. The molecule has 0 aromatic carbocycles. The predicted octanol–water partition coefficient (Wildman–Crippen LogP) is 3.71. The molecule has 0 aromatic rings. The SMILES string of the molecule is CC(C)(C)OC(=O)C[C@H]1C[C@@H](CC#N)COC2(CCCCC2)O1. The average molecular weight is 323 g/mol. The van der Waals surface area contributed by atoms with Crippen LogP contribution >= 0.6 is 0 Å². The molecule has 1 saturated carbocycles. The molecule has 1 aliphatic carbocycles. The second-order valence-corrected chi connectivity index (χ2v) is 7.78. The molecule has 0 amide bonds. The predicted molar refractivity (Wildman–Crippen MR) is 85.4 cm³/mol. The Kier molecular flexibility index (Phi) is 6.05. The van der Waals surface area contributed by atoms with Crippen LogP contribution in [0.25, 0.3) is 0 Å². The molecule has 2 fully saturated rings. The molecule has 0 N–H and O–H groups in total. The molecular formula is C18H29NO4. The third kappa shape index (κ3) is 5.78. The van der Waals surface area contributed by atoms with E-state index in [1.54, 1.807) is 0 Å². The van der Waals surface area contributed by atoms with E-state index in [-0.39, 0.29) is 24.4 Å². The lowest BCUT2D eigenvalue weighted by Crippen LogP contribution is -2.40. The quantitative estimate of drug-likeness (QED) is 0.741. The minimum atomic E-state index is -0.560. The van der Waals surface area contributed by atoms with Gasteiger partial charge in [0.05, 0.1) is 25.2 Å². The first-order valence-electron chi connectivity index (χ1n) is 8.72. The van der Waals surface area contributed by atoms with Crippen molar-refractivity contribution in [2.75, 3.05) is 6.61 Å². The van der Waals surface area contributed by atoms with E-state index >= 15 is 0 Å². The lowest BCUT2D eigenvalue weighted by molar-refractivity contribution is -0.262. The van der Waals surface area contributed by atoms with Crippen LogP contribution in [0.3, 0.4) is 0 Å². The molecule has 1 heterocycles. The minimum Gasteiger partial charge on any atom is -0.460 e. The van der Waals surface area contributed by atoms with Crippen LogP contribution in [-0.4, -0.2) is 30.1 Å². The van der Waals surface area contributed by atoms with Crippen molar-refractivity contribution in [2.45, 2.75) is 89.6 Å². The summed E-state index contributed by atoms with van der Waals surface area (Å²) in [6.45, 7) is 6.13. The van der Waals surface area contributed by atoms with E-state index in [9.17, 15) is 4.79 Å². The van der Waals surface area contributed by atoms with Crippen molar-refractivity contribution < 1.29 is 19.0 Å². The van der Waals surface area contributed by atoms with Gasteiger partial charge in [-0.25, -0.2) is 0 Å². The maximum Gasteiger partial charge on any atom is 0.308 e. The van der Waals surface area contributed by atoms with Crippen molar-refractivity contribution in [3.63, 3.8) is 0 Å². The number of nitrogens with zero attached hydrogens (tertiary/aromatic N) is 1. The number of carbonyl (C=O) groups excluding carboxylic acids is 1. The van der Waals surface area contributed by atoms with Gasteiger partial charge in [0.25, 0.3) is 0 Å². The summed E-state index contributed by atoms with van der Waals surface area (Å²) in [4.78, 5) is 12.2. The third-order valence-corrected chi connectivity index (χ3v) is 4.37. The van der Waals surface area contributed by atoms with Crippen molar-refractivity contribution in [3.05, 3.63) is 0 Å². The molecule has 2 rings (SSSR count). The van der Waals surface area contributed by atoms with Crippen LogP contribution in [0, 0.1) is 17.2 Å². The summed E-state index contributed by atoms with van der Waals surface area (Å²) >= 11 is 0. The van der Waals surface area contributed by atoms with Crippen molar-refractivity contribution in [1.29, 1.82) is 5.26 Å². The molecule has 1 spiro atoms. The molecule has 5 nitrogen and oxygen atoms in total. The van der Waals surface area contributed by atoms with Gasteiger partial charge in [-0.3, -0.25) is 4.79 Å². The van der Waals surface area contributed by atoms with E-state index in [0.717, 1.165) is 25.7 Å². The lowest BCUT2D eigenvalue weighted by atomic mass is 9.94. The Morgan fingerprint density at radius 2 is 2.00 bits per heavy atom. The van der Waals surface area contributed by atoms with Gasteiger partial charge in [0.2, 0.25) is 0 Å². The van der Waals surface area contributed by atoms with Crippen LogP contribution in [0.1, 0.15) is 72.1 Å². The highest BCUT2D eigenvalue weighted by Gasteiger charge is 2.41. The number of rotatable bonds is 3. The van der Waals surface area contributed by atoms with Gasteiger partial charge in [-0.2, -0.15) is 5.26 Å². The van der Waals surface area contributed by atoms with Crippen molar-refractivity contribution >= 4 is 5.97 Å². The van der Waals surface area contributed by atoms with Crippen molar-refractivity contribution in [2.24, 2.45) is 5.92 Å². The highest BCUT2D eigenvalue weighted by Crippen LogP contribution is 2.38. The number of hydrogen-bond acceptors (Lipinski definition) is 5. The molecule has 1 saturated heterocycles. The second kappa shape index (κ2) is 7.63. The Bertz CT molecular complexity index is 443. The highest BCUT2D eigenvalue weighted by atomic mass is 16.7. The normalized spacial score (nSPS) is 27.9. The smallest absolute Gasteiger partial charge is 0.308 e. The third-order valence-electron chi connectivity index (χ3n) is 4.37. The molecule has 5 heteroatoms. The highest BCUT2D eigenvalue weighted by molar-refractivity contribution is 5.70. The monoisotopic (exact) mass is 323 g/mol. The van der Waals surface area contributed by atoms with E-state index in [2.05, 4.69) is 6.07 Å². The fourth-order valence-electron chi connectivity index (χ4n) is 3.41. The fourth-order valence-corrected chi connectivity index (χ4v) is 3.41. The topological polar surface area (TPSA) is 68.6 Å². The van der Waals surface area contributed by atoms with Crippen LogP contribution in [0.4, 0.5) is 0 Å². The summed E-state index contributed by atoms with van der Waals surface area (Å²) in [6, 6.07) is 2.22. The zero-order valence-electron chi connectivity index (χ0n) is 14.6. The molecule has 1 aliphatic heterocycles. The summed E-state index contributed by atoms with van der Waals surface area (Å²) in [5.41, 5.74) is -0.493. The van der Waals surface area contributed by atoms with E-state index in [4.69, 9.17) is 19.5 Å². The molecular weight excluding hydrogens is 294 g/mol. The first-order chi connectivity index (χ1) is 10.8. The zero-order valence-corrected chi connectivity index (χ0v) is 14.6. The molecule has 0 aromatic heterocycles. The molecule has 2 aliphatic rings. The van der Waals surface area contributed by atoms with E-state index < -0.39 is 11.4 Å². The number of ether oxygens (including phenoxy) is 3. The van der Waals surface area contributed by atoms with Gasteiger partial charge in [-0.05, 0) is 46.0 Å². The molecule has 2 atom stereocenters. The Morgan fingerprint density at radius 1 is 1.30 bits per heavy atom. The van der Waals surface area contributed by atoms with Gasteiger partial charge >= 0.3 is 5.97 Å². The van der Waals surface area contributed by atoms with E-state index in [1.165, 1.54) is 6.42 Å². The largest absolute Gasteiger partial charge is 0.460 e. The number of esters is 1. The standard InChI is InChI=1S/C18H29NO4/c1-17(2,3)23-16(20)12-15-11-14(7-10-19)13-21-18(22-15)8-5-4-6-9-18/h14-15H,4-9,11-13H2,1-3H3/t14-,15-/m1/s1. The Balaban J connectivity index is 2.04. The lowest BCUT2D eigenvalue weighted by Gasteiger charge is -2.37. The Morgan fingerprint density at radius 3 is 2.61 bits per heavy atom. The first kappa shape index (κ1) is 18.2. The maximum absolute atomic E-state index is 12.2. The summed E-state index contributed by atoms with van der Waals surface area (Å²) in [5, 5.41) is 9.00. The van der Waals surface area contributed by atoms with Crippen molar-refractivity contribution in [1.82, 2.24) is 0 Å². The first-order valence-corrected chi connectivity index (χ1v) is 8.72. The number of nitriles is 1. The van der Waals surface area contributed by atoms with Crippen LogP contribution in [0.5, 0.6) is 0 Å². The van der Waals surface area contributed by atoms with Gasteiger partial charge in [0.1, 0.15) is 5.60 Å². The molecule has 0 bridgehead atoms. The van der Waals surface area contributed by atoms with Crippen molar-refractivity contribution in [3.8, 4) is 6.07 Å². The van der Waals surface area contributed by atoms with Crippen LogP contribution in [0.2, 0.25) is 0 Å². The molecule has 0 radical (unpaired) electrons. The molecule has 130 valence electrons. The molecule has 0 unspecified atom stereocenters. The fraction of sp³-hybridized carbons (Fsp3) is 0.889. The summed E-state index contributed by atoms with van der Waals surface area (Å²) in [5.74, 6) is -0.686. The van der Waals surface area contributed by atoms with Gasteiger partial charge in [-0.15, -0.1) is 0 Å². The Labute approximate surface area is 139 Å². The van der Waals surface area contributed by atoms with Crippen LogP contribution in [0.15, 0.2) is 0 Å². The summed E-state index contributed by atoms with van der Waals surface area (Å²) in [6.07, 6.45) is 6.22. The maximum atomic E-state index is 12.2. The van der Waals surface area contributed by atoms with Gasteiger partial charge in [0, 0.05) is 19.3 Å². The van der Waals surface area contributed by atoms with Gasteiger partial charge in [-0.1, -0.05) is 6.42 Å². The average Bonchev–Trinajstić information content (AvgIpc) is 2.58. The van der Waals surface area contributed by atoms with E-state index in [1.807, 2.05) is 20.8 Å². The van der Waals surface area contributed by atoms with Crippen LogP contribution < -0.4 is 0 Å².